The van der Waals surface area contributed by atoms with Crippen LogP contribution >= 0.6 is 11.3 Å². The van der Waals surface area contributed by atoms with Gasteiger partial charge < -0.3 is 14.5 Å². The van der Waals surface area contributed by atoms with Crippen molar-refractivity contribution in [3.05, 3.63) is 70.9 Å². The number of aromatic amines is 1. The smallest absolute Gasteiger partial charge is 0.266 e. The number of imidazole rings is 1. The molecule has 6 heteroatoms. The van der Waals surface area contributed by atoms with Crippen LogP contribution in [0.1, 0.15) is 15.5 Å². The summed E-state index contributed by atoms with van der Waals surface area (Å²) in [6.45, 7) is 0.441. The van der Waals surface area contributed by atoms with Crippen molar-refractivity contribution in [3.63, 3.8) is 0 Å². The van der Waals surface area contributed by atoms with E-state index in [1.165, 1.54) is 11.3 Å². The van der Waals surface area contributed by atoms with E-state index in [0.717, 1.165) is 27.4 Å². The second-order valence-corrected chi connectivity index (χ2v) is 6.50. The number of carbonyl (C=O) groups is 1. The fraction of sp³-hybridized carbons (Fsp3) is 0.111. The van der Waals surface area contributed by atoms with Crippen LogP contribution in [0, 0.1) is 0 Å². The molecule has 3 aromatic heterocycles. The fourth-order valence-electron chi connectivity index (χ4n) is 2.71. The fourth-order valence-corrected chi connectivity index (χ4v) is 3.60. The predicted molar refractivity (Wildman–Crippen MR) is 95.5 cm³/mol. The van der Waals surface area contributed by atoms with Crippen LogP contribution in [0.15, 0.2) is 60.2 Å². The number of thiophene rings is 1. The van der Waals surface area contributed by atoms with E-state index in [-0.39, 0.29) is 5.91 Å². The molecule has 0 bridgehead atoms. The Morgan fingerprint density at radius 1 is 1.21 bits per heavy atom. The summed E-state index contributed by atoms with van der Waals surface area (Å²) in [5.74, 6) is 0.778. The van der Waals surface area contributed by atoms with E-state index in [9.17, 15) is 4.79 Å². The first-order chi connectivity index (χ1) is 11.7. The minimum Gasteiger partial charge on any atom is -0.340 e. The summed E-state index contributed by atoms with van der Waals surface area (Å²) in [5.41, 5.74) is 2.81. The van der Waals surface area contributed by atoms with E-state index < -0.39 is 0 Å². The van der Waals surface area contributed by atoms with Crippen LogP contribution in [0.3, 0.4) is 0 Å². The molecule has 0 aliphatic rings. The van der Waals surface area contributed by atoms with Gasteiger partial charge in [0, 0.05) is 19.4 Å². The SMILES string of the molecule is CN(Cc1nc2ccccc2[nH]1)C(=O)c1sccc1-n1cccc1. The molecular weight excluding hydrogens is 320 g/mol. The largest absolute Gasteiger partial charge is 0.340 e. The van der Waals surface area contributed by atoms with Gasteiger partial charge in [-0.3, -0.25) is 4.79 Å². The van der Waals surface area contributed by atoms with Gasteiger partial charge in [-0.15, -0.1) is 11.3 Å². The monoisotopic (exact) mass is 336 g/mol. The zero-order valence-electron chi connectivity index (χ0n) is 13.1. The number of hydrogen-bond donors (Lipinski definition) is 1. The first-order valence-corrected chi connectivity index (χ1v) is 8.50. The maximum atomic E-state index is 12.8. The number of aromatic nitrogens is 3. The molecule has 0 aliphatic carbocycles. The zero-order valence-corrected chi connectivity index (χ0v) is 14.0. The first-order valence-electron chi connectivity index (χ1n) is 7.62. The summed E-state index contributed by atoms with van der Waals surface area (Å²) >= 11 is 1.46. The first kappa shape index (κ1) is 14.7. The van der Waals surface area contributed by atoms with E-state index >= 15 is 0 Å². The molecule has 0 saturated carbocycles. The second kappa shape index (κ2) is 5.98. The predicted octanol–water partition coefficient (Wildman–Crippen LogP) is 3.69. The summed E-state index contributed by atoms with van der Waals surface area (Å²) < 4.78 is 1.96. The molecule has 0 fully saturated rings. The molecule has 0 unspecified atom stereocenters. The van der Waals surface area contributed by atoms with Gasteiger partial charge in [0.2, 0.25) is 0 Å². The molecule has 1 N–H and O–H groups in total. The number of rotatable bonds is 4. The molecule has 4 aromatic rings. The molecule has 3 heterocycles. The highest BCUT2D eigenvalue weighted by molar-refractivity contribution is 7.12. The van der Waals surface area contributed by atoms with Crippen LogP contribution in [-0.4, -0.2) is 32.4 Å². The normalized spacial score (nSPS) is 11.0. The van der Waals surface area contributed by atoms with Crippen molar-refractivity contribution in [1.29, 1.82) is 0 Å². The van der Waals surface area contributed by atoms with Crippen molar-refractivity contribution in [2.24, 2.45) is 0 Å². The van der Waals surface area contributed by atoms with Crippen LogP contribution in [-0.2, 0) is 6.54 Å². The van der Waals surface area contributed by atoms with Crippen molar-refractivity contribution < 1.29 is 4.79 Å². The second-order valence-electron chi connectivity index (χ2n) is 5.59. The summed E-state index contributed by atoms with van der Waals surface area (Å²) in [7, 11) is 1.80. The van der Waals surface area contributed by atoms with Gasteiger partial charge in [-0.1, -0.05) is 12.1 Å². The van der Waals surface area contributed by atoms with Crippen LogP contribution in [0.4, 0.5) is 0 Å². The Hall–Kier alpha value is -2.86. The minimum absolute atomic E-state index is 0.00541. The quantitative estimate of drug-likeness (QED) is 0.618. The lowest BCUT2D eigenvalue weighted by Crippen LogP contribution is -2.26. The number of hydrogen-bond acceptors (Lipinski definition) is 3. The van der Waals surface area contributed by atoms with Gasteiger partial charge in [-0.2, -0.15) is 0 Å². The molecule has 0 spiro atoms. The Labute approximate surface area is 143 Å². The molecular formula is C18H16N4OS. The van der Waals surface area contributed by atoms with E-state index in [2.05, 4.69) is 9.97 Å². The molecule has 120 valence electrons. The third-order valence-corrected chi connectivity index (χ3v) is 4.78. The Morgan fingerprint density at radius 2 is 2.00 bits per heavy atom. The molecule has 0 saturated heterocycles. The summed E-state index contributed by atoms with van der Waals surface area (Å²) in [5, 5.41) is 1.94. The van der Waals surface area contributed by atoms with E-state index in [4.69, 9.17) is 0 Å². The van der Waals surface area contributed by atoms with Crippen LogP contribution < -0.4 is 0 Å². The highest BCUT2D eigenvalue weighted by Crippen LogP contribution is 2.23. The highest BCUT2D eigenvalue weighted by Gasteiger charge is 2.19. The standard InChI is InChI=1S/C18H16N4OS/c1-21(12-16-19-13-6-2-3-7-14(13)20-16)18(23)17-15(8-11-24-17)22-9-4-5-10-22/h2-11H,12H2,1H3,(H,19,20). The third-order valence-electron chi connectivity index (χ3n) is 3.89. The van der Waals surface area contributed by atoms with E-state index in [1.807, 2.05) is 64.8 Å². The van der Waals surface area contributed by atoms with Crippen molar-refractivity contribution in [3.8, 4) is 5.69 Å². The molecule has 24 heavy (non-hydrogen) atoms. The third kappa shape index (κ3) is 2.61. The van der Waals surface area contributed by atoms with Gasteiger partial charge in [0.05, 0.1) is 23.3 Å². The van der Waals surface area contributed by atoms with Gasteiger partial charge in [-0.25, -0.2) is 4.98 Å². The van der Waals surface area contributed by atoms with Gasteiger partial charge in [0.15, 0.2) is 0 Å². The lowest BCUT2D eigenvalue weighted by molar-refractivity contribution is 0.0787. The number of benzene rings is 1. The molecule has 0 atom stereocenters. The van der Waals surface area contributed by atoms with Gasteiger partial charge in [0.1, 0.15) is 10.7 Å². The lowest BCUT2D eigenvalue weighted by atomic mass is 10.3. The van der Waals surface area contributed by atoms with Crippen molar-refractivity contribution in [2.45, 2.75) is 6.54 Å². The van der Waals surface area contributed by atoms with Crippen molar-refractivity contribution >= 4 is 28.3 Å². The highest BCUT2D eigenvalue weighted by atomic mass is 32.1. The van der Waals surface area contributed by atoms with E-state index in [1.54, 1.807) is 11.9 Å². The Kier molecular flexibility index (Phi) is 3.66. The Bertz CT molecular complexity index is 950. The topological polar surface area (TPSA) is 53.9 Å². The average Bonchev–Trinajstić information content (AvgIpc) is 3.32. The van der Waals surface area contributed by atoms with Crippen LogP contribution in [0.2, 0.25) is 0 Å². The number of fused-ring (bicyclic) bond motifs is 1. The van der Waals surface area contributed by atoms with Gasteiger partial charge in [-0.05, 0) is 35.7 Å². The van der Waals surface area contributed by atoms with Crippen LogP contribution in [0.5, 0.6) is 0 Å². The summed E-state index contributed by atoms with van der Waals surface area (Å²) in [6, 6.07) is 13.7. The maximum absolute atomic E-state index is 12.8. The minimum atomic E-state index is -0.00541. The van der Waals surface area contributed by atoms with Gasteiger partial charge in [0.25, 0.3) is 5.91 Å². The van der Waals surface area contributed by atoms with Gasteiger partial charge >= 0.3 is 0 Å². The van der Waals surface area contributed by atoms with E-state index in [0.29, 0.717) is 6.54 Å². The van der Waals surface area contributed by atoms with Crippen molar-refractivity contribution in [1.82, 2.24) is 19.4 Å². The number of amides is 1. The van der Waals surface area contributed by atoms with Crippen LogP contribution in [0.25, 0.3) is 16.7 Å². The number of H-pyrrole nitrogens is 1. The number of nitrogens with zero attached hydrogens (tertiary/aromatic N) is 3. The number of nitrogens with one attached hydrogen (secondary N) is 1. The number of carbonyl (C=O) groups excluding carboxylic acids is 1. The molecule has 0 radical (unpaired) electrons. The summed E-state index contributed by atoms with van der Waals surface area (Å²) in [4.78, 5) is 23.0. The Balaban J connectivity index is 1.57. The number of para-hydroxylation sites is 2. The van der Waals surface area contributed by atoms with Crippen molar-refractivity contribution in [2.75, 3.05) is 7.05 Å². The Morgan fingerprint density at radius 3 is 2.79 bits per heavy atom. The molecule has 4 rings (SSSR count). The molecule has 5 nitrogen and oxygen atoms in total. The molecule has 1 aromatic carbocycles. The maximum Gasteiger partial charge on any atom is 0.266 e. The molecule has 0 aliphatic heterocycles. The average molecular weight is 336 g/mol. The zero-order chi connectivity index (χ0) is 16.5. The molecule has 1 amide bonds. The summed E-state index contributed by atoms with van der Waals surface area (Å²) in [6.07, 6.45) is 3.89. The lowest BCUT2D eigenvalue weighted by Gasteiger charge is -2.16.